The summed E-state index contributed by atoms with van der Waals surface area (Å²) >= 11 is 0. The van der Waals surface area contributed by atoms with Crippen LogP contribution in [0.4, 0.5) is 0 Å². The van der Waals surface area contributed by atoms with E-state index in [4.69, 9.17) is 9.47 Å². The second kappa shape index (κ2) is 7.34. The molecule has 36 heavy (non-hydrogen) atoms. The Balaban J connectivity index is 1.13. The van der Waals surface area contributed by atoms with Crippen molar-refractivity contribution in [2.24, 2.45) is 11.3 Å². The third-order valence-corrected chi connectivity index (χ3v) is 11.3. The first-order chi connectivity index (χ1) is 17.4. The van der Waals surface area contributed by atoms with Gasteiger partial charge in [-0.3, -0.25) is 0 Å². The average Bonchev–Trinajstić information content (AvgIpc) is 3.38. The highest BCUT2D eigenvalue weighted by atomic mass is 16.5. The minimum Gasteiger partial charge on any atom is -0.377 e. The van der Waals surface area contributed by atoms with E-state index in [0.717, 1.165) is 19.6 Å². The summed E-state index contributed by atoms with van der Waals surface area (Å²) in [6, 6.07) is 16.6. The molecule has 2 saturated heterocycles. The van der Waals surface area contributed by atoms with Crippen LogP contribution in [-0.2, 0) is 9.47 Å². The summed E-state index contributed by atoms with van der Waals surface area (Å²) in [5, 5.41) is 6.68. The SMILES string of the molecule is CC1(N[C@@H]2CCC3=CC4=CC[C@]5(C)C(c6ccc7ccccc7c6)CC[C@H]5C45CC[C@]3(C2)O5)COC1. The maximum absolute atomic E-state index is 7.50. The Kier molecular flexibility index (Phi) is 4.50. The van der Waals surface area contributed by atoms with Gasteiger partial charge in [-0.15, -0.1) is 0 Å². The second-order valence-corrected chi connectivity index (χ2v) is 13.5. The van der Waals surface area contributed by atoms with Crippen molar-refractivity contribution in [2.45, 2.75) is 93.9 Å². The van der Waals surface area contributed by atoms with Crippen LogP contribution >= 0.6 is 0 Å². The van der Waals surface area contributed by atoms with Crippen LogP contribution in [0, 0.1) is 11.3 Å². The first-order valence-corrected chi connectivity index (χ1v) is 14.4. The third-order valence-electron chi connectivity index (χ3n) is 11.3. The number of fused-ring (bicyclic) bond motifs is 2. The fourth-order valence-corrected chi connectivity index (χ4v) is 9.49. The van der Waals surface area contributed by atoms with Crippen LogP contribution in [0.3, 0.4) is 0 Å². The van der Waals surface area contributed by atoms with E-state index in [0.29, 0.717) is 17.9 Å². The van der Waals surface area contributed by atoms with Gasteiger partial charge >= 0.3 is 0 Å². The summed E-state index contributed by atoms with van der Waals surface area (Å²) in [5.41, 5.74) is 4.93. The number of benzene rings is 2. The molecule has 188 valence electrons. The molecule has 8 rings (SSSR count). The van der Waals surface area contributed by atoms with Crippen LogP contribution in [0.5, 0.6) is 0 Å². The fourth-order valence-electron chi connectivity index (χ4n) is 9.49. The van der Waals surface area contributed by atoms with Crippen molar-refractivity contribution in [1.29, 1.82) is 0 Å². The lowest BCUT2D eigenvalue weighted by Gasteiger charge is -2.55. The zero-order chi connectivity index (χ0) is 24.2. The van der Waals surface area contributed by atoms with E-state index in [-0.39, 0.29) is 22.2 Å². The monoisotopic (exact) mass is 481 g/mol. The van der Waals surface area contributed by atoms with Gasteiger partial charge in [0.15, 0.2) is 0 Å². The molecule has 3 nitrogen and oxygen atoms in total. The summed E-state index contributed by atoms with van der Waals surface area (Å²) in [4.78, 5) is 0. The first kappa shape index (κ1) is 22.1. The smallest absolute Gasteiger partial charge is 0.0974 e. The van der Waals surface area contributed by atoms with Crippen LogP contribution in [0.15, 0.2) is 65.8 Å². The zero-order valence-corrected chi connectivity index (χ0v) is 21.8. The van der Waals surface area contributed by atoms with Gasteiger partial charge in [0, 0.05) is 6.04 Å². The lowest BCUT2D eigenvalue weighted by Crippen LogP contribution is -2.63. The number of ether oxygens (including phenoxy) is 2. The summed E-state index contributed by atoms with van der Waals surface area (Å²) in [6.07, 6.45) is 14.8. The van der Waals surface area contributed by atoms with Gasteiger partial charge in [0.05, 0.1) is 30.0 Å². The lowest BCUT2D eigenvalue weighted by molar-refractivity contribution is -0.140. The van der Waals surface area contributed by atoms with Gasteiger partial charge in [0.25, 0.3) is 0 Å². The van der Waals surface area contributed by atoms with Gasteiger partial charge < -0.3 is 14.8 Å². The maximum Gasteiger partial charge on any atom is 0.0974 e. The topological polar surface area (TPSA) is 30.5 Å². The number of allylic oxidation sites excluding steroid dienone is 1. The Bertz CT molecular complexity index is 1310. The van der Waals surface area contributed by atoms with Gasteiger partial charge in [-0.2, -0.15) is 0 Å². The number of hydrogen-bond acceptors (Lipinski definition) is 3. The molecule has 3 aliphatic carbocycles. The molecule has 0 amide bonds. The van der Waals surface area contributed by atoms with Crippen molar-refractivity contribution in [3.8, 4) is 0 Å². The van der Waals surface area contributed by atoms with E-state index in [1.54, 1.807) is 5.57 Å². The molecule has 4 fully saturated rings. The third kappa shape index (κ3) is 2.91. The molecule has 2 saturated carbocycles. The fraction of sp³-hybridized carbons (Fsp3) is 0.576. The molecule has 0 aromatic heterocycles. The predicted molar refractivity (Wildman–Crippen MR) is 144 cm³/mol. The van der Waals surface area contributed by atoms with Crippen molar-refractivity contribution in [3.05, 3.63) is 71.3 Å². The van der Waals surface area contributed by atoms with E-state index < -0.39 is 0 Å². The van der Waals surface area contributed by atoms with Crippen LogP contribution in [0.25, 0.3) is 10.8 Å². The highest BCUT2D eigenvalue weighted by molar-refractivity contribution is 5.83. The Morgan fingerprint density at radius 3 is 2.64 bits per heavy atom. The number of nitrogens with one attached hydrogen (secondary N) is 1. The van der Waals surface area contributed by atoms with Crippen molar-refractivity contribution in [3.63, 3.8) is 0 Å². The number of rotatable bonds is 3. The Labute approximate surface area is 215 Å². The van der Waals surface area contributed by atoms with Crippen LogP contribution in [0.2, 0.25) is 0 Å². The number of hydrogen-bond donors (Lipinski definition) is 1. The second-order valence-electron chi connectivity index (χ2n) is 13.5. The normalized spacial score (nSPS) is 42.1. The van der Waals surface area contributed by atoms with Crippen molar-refractivity contribution < 1.29 is 9.47 Å². The highest BCUT2D eigenvalue weighted by Crippen LogP contribution is 2.69. The standard InChI is InChI=1S/C33H39NO2/c1-30(20-35-21-30)34-27-10-9-25-18-26-13-14-31(2)28(24-8-7-22-5-3-4-6-23(22)17-24)11-12-29(31)33(26)16-15-32(25,19-27)36-33/h3-8,13,17-18,27-29,34H,9-12,14-16,19-21H2,1-2H3/t27-,28?,29-,31-,32-,33?/m1/s1. The van der Waals surface area contributed by atoms with Gasteiger partial charge in [0.1, 0.15) is 0 Å². The Morgan fingerprint density at radius 1 is 0.944 bits per heavy atom. The highest BCUT2D eigenvalue weighted by Gasteiger charge is 2.66. The van der Waals surface area contributed by atoms with E-state index in [1.807, 2.05) is 0 Å². The van der Waals surface area contributed by atoms with E-state index in [2.05, 4.69) is 73.8 Å². The Morgan fingerprint density at radius 2 is 1.81 bits per heavy atom. The quantitative estimate of drug-likeness (QED) is 0.521. The van der Waals surface area contributed by atoms with Gasteiger partial charge in [0.2, 0.25) is 0 Å². The molecule has 3 aliphatic heterocycles. The summed E-state index contributed by atoms with van der Waals surface area (Å²) in [7, 11) is 0. The van der Waals surface area contributed by atoms with Gasteiger partial charge in [-0.05, 0) is 103 Å². The molecular formula is C33H39NO2. The molecule has 6 atom stereocenters. The van der Waals surface area contributed by atoms with E-state index in [1.165, 1.54) is 66.9 Å². The summed E-state index contributed by atoms with van der Waals surface area (Å²) in [5.74, 6) is 1.20. The molecule has 6 aliphatic rings. The predicted octanol–water partition coefficient (Wildman–Crippen LogP) is 6.83. The van der Waals surface area contributed by atoms with Crippen molar-refractivity contribution in [1.82, 2.24) is 5.32 Å². The summed E-state index contributed by atoms with van der Waals surface area (Å²) in [6.45, 7) is 6.58. The van der Waals surface area contributed by atoms with E-state index in [9.17, 15) is 0 Å². The minimum atomic E-state index is -0.0759. The van der Waals surface area contributed by atoms with Gasteiger partial charge in [-0.1, -0.05) is 61.5 Å². The first-order valence-electron chi connectivity index (χ1n) is 14.4. The molecule has 0 radical (unpaired) electrons. The van der Waals surface area contributed by atoms with E-state index >= 15 is 0 Å². The largest absolute Gasteiger partial charge is 0.377 e. The maximum atomic E-state index is 7.50. The van der Waals surface area contributed by atoms with Crippen molar-refractivity contribution >= 4 is 10.8 Å². The molecular weight excluding hydrogens is 442 g/mol. The molecule has 2 aromatic carbocycles. The van der Waals surface area contributed by atoms with Crippen LogP contribution in [0.1, 0.15) is 76.7 Å². The van der Waals surface area contributed by atoms with Crippen LogP contribution < -0.4 is 5.32 Å². The average molecular weight is 482 g/mol. The minimum absolute atomic E-state index is 0.0481. The molecule has 1 N–H and O–H groups in total. The van der Waals surface area contributed by atoms with Gasteiger partial charge in [-0.25, -0.2) is 0 Å². The molecule has 2 unspecified atom stereocenters. The molecule has 2 aromatic rings. The molecule has 3 heterocycles. The lowest BCUT2D eigenvalue weighted by atomic mass is 9.58. The molecule has 2 bridgehead atoms. The van der Waals surface area contributed by atoms with Crippen molar-refractivity contribution in [2.75, 3.05) is 13.2 Å². The zero-order valence-electron chi connectivity index (χ0n) is 21.8. The summed E-state index contributed by atoms with van der Waals surface area (Å²) < 4.78 is 13.0. The van der Waals surface area contributed by atoms with Crippen LogP contribution in [-0.4, -0.2) is 36.0 Å². The molecule has 2 spiro atoms. The Hall–Kier alpha value is -1.94. The molecule has 3 heteroatoms.